The molecule has 1 saturated carbocycles. The predicted octanol–water partition coefficient (Wildman–Crippen LogP) is 7.27. The van der Waals surface area contributed by atoms with Crippen LogP contribution in [0.1, 0.15) is 36.5 Å². The number of rotatable bonds is 9. The van der Waals surface area contributed by atoms with Crippen molar-refractivity contribution in [3.05, 3.63) is 90.1 Å². The van der Waals surface area contributed by atoms with E-state index in [1.54, 1.807) is 0 Å². The molecule has 1 heterocycles. The maximum atomic E-state index is 4.74. The lowest BCUT2D eigenvalue weighted by molar-refractivity contribution is 0.886. The molecule has 0 unspecified atom stereocenters. The van der Waals surface area contributed by atoms with E-state index in [0.717, 1.165) is 52.8 Å². The van der Waals surface area contributed by atoms with E-state index in [-0.39, 0.29) is 0 Å². The summed E-state index contributed by atoms with van der Waals surface area (Å²) in [4.78, 5) is 4.38. The Labute approximate surface area is 201 Å². The second-order valence-electron chi connectivity index (χ2n) is 9.02. The van der Waals surface area contributed by atoms with Crippen LogP contribution in [0.2, 0.25) is 0 Å². The van der Waals surface area contributed by atoms with Crippen molar-refractivity contribution in [3.63, 3.8) is 0 Å². The summed E-state index contributed by atoms with van der Waals surface area (Å²) in [6.07, 6.45) is 5.79. The highest BCUT2D eigenvalue weighted by molar-refractivity contribution is 7.80. The minimum Gasteiger partial charge on any atom is -0.384 e. The topological polar surface area (TPSA) is 39.9 Å². The van der Waals surface area contributed by atoms with Crippen LogP contribution < -0.4 is 10.6 Å². The highest BCUT2D eigenvalue weighted by Crippen LogP contribution is 2.33. The van der Waals surface area contributed by atoms with Crippen molar-refractivity contribution in [2.24, 2.45) is 5.92 Å². The molecule has 0 amide bonds. The third-order valence-electron chi connectivity index (χ3n) is 6.55. The van der Waals surface area contributed by atoms with Gasteiger partial charge >= 0.3 is 0 Å². The summed E-state index contributed by atoms with van der Waals surface area (Å²) in [5.41, 5.74) is 9.21. The average molecular weight is 454 g/mol. The van der Waals surface area contributed by atoms with Gasteiger partial charge in [-0.05, 0) is 71.7 Å². The Morgan fingerprint density at radius 3 is 2.45 bits per heavy atom. The van der Waals surface area contributed by atoms with Crippen molar-refractivity contribution in [1.29, 1.82) is 0 Å². The van der Waals surface area contributed by atoms with Gasteiger partial charge in [-0.3, -0.25) is 0 Å². The van der Waals surface area contributed by atoms with E-state index in [0.29, 0.717) is 0 Å². The molecule has 0 bridgehead atoms. The zero-order valence-corrected chi connectivity index (χ0v) is 20.0. The lowest BCUT2D eigenvalue weighted by Crippen LogP contribution is -2.10. The molecule has 0 saturated heterocycles. The first kappa shape index (κ1) is 21.7. The van der Waals surface area contributed by atoms with Crippen LogP contribution in [0, 0.1) is 5.92 Å². The van der Waals surface area contributed by atoms with Crippen LogP contribution in [0.3, 0.4) is 0 Å². The van der Waals surface area contributed by atoms with Gasteiger partial charge in [0.1, 0.15) is 0 Å². The van der Waals surface area contributed by atoms with Crippen LogP contribution in [0.5, 0.6) is 0 Å². The van der Waals surface area contributed by atoms with Crippen LogP contribution >= 0.6 is 12.6 Å². The lowest BCUT2D eigenvalue weighted by Gasteiger charge is -2.12. The summed E-state index contributed by atoms with van der Waals surface area (Å²) < 4.78 is 0. The number of fused-ring (bicyclic) bond motifs is 1. The third kappa shape index (κ3) is 4.96. The minimum atomic E-state index is 0.757. The molecule has 0 spiro atoms. The molecular formula is C29H31N3S. The van der Waals surface area contributed by atoms with Crippen molar-refractivity contribution in [2.45, 2.75) is 37.6 Å². The van der Waals surface area contributed by atoms with Crippen LogP contribution in [0.15, 0.2) is 78.3 Å². The molecule has 3 aromatic carbocycles. The average Bonchev–Trinajstić information content (AvgIpc) is 3.58. The number of aromatic amines is 1. The Morgan fingerprint density at radius 2 is 1.73 bits per heavy atom. The van der Waals surface area contributed by atoms with Gasteiger partial charge in [0.2, 0.25) is 0 Å². The molecule has 0 radical (unpaired) electrons. The molecule has 0 aliphatic heterocycles. The lowest BCUT2D eigenvalue weighted by atomic mass is 10.0. The fraction of sp³-hybridized carbons (Fsp3) is 0.241. The zero-order chi connectivity index (χ0) is 22.8. The van der Waals surface area contributed by atoms with Gasteiger partial charge in [0, 0.05) is 52.0 Å². The van der Waals surface area contributed by atoms with Crippen molar-refractivity contribution < 1.29 is 0 Å². The summed E-state index contributed by atoms with van der Waals surface area (Å²) in [6, 6.07) is 21.8. The van der Waals surface area contributed by atoms with Gasteiger partial charge in [-0.25, -0.2) is 0 Å². The van der Waals surface area contributed by atoms with Gasteiger partial charge in [0.05, 0.1) is 0 Å². The zero-order valence-electron chi connectivity index (χ0n) is 19.1. The molecule has 4 aromatic rings. The van der Waals surface area contributed by atoms with Gasteiger partial charge in [-0.1, -0.05) is 49.9 Å². The number of anilines is 1. The number of thiol groups is 1. The Balaban J connectivity index is 1.33. The number of aromatic nitrogens is 1. The fourth-order valence-corrected chi connectivity index (χ4v) is 4.48. The maximum Gasteiger partial charge on any atom is 0.0476 e. The normalized spacial score (nSPS) is 13.3. The quantitative estimate of drug-likeness (QED) is 0.201. The summed E-state index contributed by atoms with van der Waals surface area (Å²) >= 11 is 4.74. The van der Waals surface area contributed by atoms with Gasteiger partial charge in [-0.2, -0.15) is 0 Å². The molecule has 168 valence electrons. The molecule has 4 heteroatoms. The summed E-state index contributed by atoms with van der Waals surface area (Å²) in [5.74, 6) is 0.837. The predicted molar refractivity (Wildman–Crippen MR) is 144 cm³/mol. The molecular weight excluding hydrogens is 422 g/mol. The van der Waals surface area contributed by atoms with Crippen molar-refractivity contribution in [2.75, 3.05) is 11.9 Å². The SMILES string of the molecule is C=C(NCc1ccc(CC)cc1)c1c[nH]c2ccc(-c3ccc(NCC4CC4)c(S)c3)cc12. The summed E-state index contributed by atoms with van der Waals surface area (Å²) in [6.45, 7) is 8.29. The molecule has 33 heavy (non-hydrogen) atoms. The minimum absolute atomic E-state index is 0.757. The van der Waals surface area contributed by atoms with Crippen molar-refractivity contribution in [1.82, 2.24) is 10.3 Å². The Bertz CT molecular complexity index is 1280. The van der Waals surface area contributed by atoms with E-state index in [2.05, 4.69) is 89.8 Å². The monoisotopic (exact) mass is 453 g/mol. The number of hydrogen-bond acceptors (Lipinski definition) is 3. The third-order valence-corrected chi connectivity index (χ3v) is 6.92. The number of aryl methyl sites for hydroxylation is 1. The van der Waals surface area contributed by atoms with Gasteiger partial charge in [0.15, 0.2) is 0 Å². The Hall–Kier alpha value is -3.11. The highest BCUT2D eigenvalue weighted by Gasteiger charge is 2.20. The van der Waals surface area contributed by atoms with E-state index in [1.807, 2.05) is 6.20 Å². The molecule has 1 aromatic heterocycles. The molecule has 5 rings (SSSR count). The number of H-pyrrole nitrogens is 1. The smallest absolute Gasteiger partial charge is 0.0476 e. The van der Waals surface area contributed by atoms with Gasteiger partial charge in [-0.15, -0.1) is 12.6 Å². The molecule has 1 aliphatic rings. The number of benzene rings is 3. The van der Waals surface area contributed by atoms with Crippen LogP contribution in [0.25, 0.3) is 27.7 Å². The molecule has 3 nitrogen and oxygen atoms in total. The van der Waals surface area contributed by atoms with Crippen molar-refractivity contribution >= 4 is 34.9 Å². The van der Waals surface area contributed by atoms with E-state index >= 15 is 0 Å². The first-order valence-electron chi connectivity index (χ1n) is 11.8. The van der Waals surface area contributed by atoms with Crippen molar-refractivity contribution in [3.8, 4) is 11.1 Å². The second kappa shape index (κ2) is 9.40. The highest BCUT2D eigenvalue weighted by atomic mass is 32.1. The standard InChI is InChI=1S/C29H31N3S/c1-3-20-4-6-21(7-5-20)16-30-19(2)26-18-32-27-12-10-23(14-25(26)27)24-11-13-28(29(33)15-24)31-17-22-8-9-22/h4-7,10-15,18,22,30-33H,2-3,8-9,16-17H2,1H3. The first-order valence-corrected chi connectivity index (χ1v) is 12.2. The summed E-state index contributed by atoms with van der Waals surface area (Å²) in [7, 11) is 0. The van der Waals surface area contributed by atoms with Crippen LogP contribution in [-0.4, -0.2) is 11.5 Å². The van der Waals surface area contributed by atoms with E-state index < -0.39 is 0 Å². The van der Waals surface area contributed by atoms with E-state index in [9.17, 15) is 0 Å². The van der Waals surface area contributed by atoms with Gasteiger partial charge < -0.3 is 15.6 Å². The van der Waals surface area contributed by atoms with Gasteiger partial charge in [0.25, 0.3) is 0 Å². The van der Waals surface area contributed by atoms with E-state index in [4.69, 9.17) is 12.6 Å². The number of nitrogens with one attached hydrogen (secondary N) is 3. The molecule has 1 fully saturated rings. The largest absolute Gasteiger partial charge is 0.384 e. The Kier molecular flexibility index (Phi) is 6.19. The molecule has 3 N–H and O–H groups in total. The van der Waals surface area contributed by atoms with Crippen LogP contribution in [0.4, 0.5) is 5.69 Å². The Morgan fingerprint density at radius 1 is 1.00 bits per heavy atom. The molecule has 0 atom stereocenters. The fourth-order valence-electron chi connectivity index (χ4n) is 4.18. The van der Waals surface area contributed by atoms with E-state index in [1.165, 1.54) is 40.5 Å². The number of hydrogen-bond donors (Lipinski definition) is 4. The maximum absolute atomic E-state index is 4.74. The first-order chi connectivity index (χ1) is 16.1. The van der Waals surface area contributed by atoms with Crippen LogP contribution in [-0.2, 0) is 13.0 Å². The molecule has 1 aliphatic carbocycles. The second-order valence-corrected chi connectivity index (χ2v) is 9.50. The summed E-state index contributed by atoms with van der Waals surface area (Å²) in [5, 5.41) is 8.21.